The Labute approximate surface area is 162 Å². The first kappa shape index (κ1) is 18.1. The lowest BCUT2D eigenvalue weighted by Crippen LogP contribution is -2.40. The Balaban J connectivity index is 1.31. The zero-order valence-electron chi connectivity index (χ0n) is 15.3. The van der Waals surface area contributed by atoms with E-state index in [9.17, 15) is 9.18 Å². The highest BCUT2D eigenvalue weighted by molar-refractivity contribution is 5.79. The highest BCUT2D eigenvalue weighted by Gasteiger charge is 2.25. The topological polar surface area (TPSA) is 75.9 Å². The number of anilines is 1. The molecule has 1 aliphatic rings. The number of hydrogen-bond donors (Lipinski definition) is 1. The molecule has 1 amide bonds. The molecule has 1 N–H and O–H groups in total. The van der Waals surface area contributed by atoms with Crippen molar-refractivity contribution in [1.82, 2.24) is 24.8 Å². The summed E-state index contributed by atoms with van der Waals surface area (Å²) in [5, 5.41) is 2.95. The molecule has 0 bridgehead atoms. The summed E-state index contributed by atoms with van der Waals surface area (Å²) >= 11 is 0. The molecule has 1 aromatic carbocycles. The van der Waals surface area contributed by atoms with Crippen molar-refractivity contribution in [3.63, 3.8) is 0 Å². The van der Waals surface area contributed by atoms with Crippen LogP contribution < -0.4 is 10.2 Å². The minimum absolute atomic E-state index is 0.0216. The molecule has 0 unspecified atom stereocenters. The zero-order chi connectivity index (χ0) is 19.3. The molecule has 7 nitrogen and oxygen atoms in total. The molecule has 1 saturated heterocycles. The highest BCUT2D eigenvalue weighted by Crippen LogP contribution is 2.23. The standard InChI is InChI=1S/C20H21FN6O/c21-17-3-1-15(2-4-17)12-23-20(28)16-5-8-26(9-6-16)18-11-19(25-13-24-18)27-10-7-22-14-27/h1-4,7,10-11,13-14,16H,5-6,8-9,12H2,(H,23,28). The van der Waals surface area contributed by atoms with Crippen LogP contribution in [0.25, 0.3) is 5.82 Å². The van der Waals surface area contributed by atoms with E-state index in [4.69, 9.17) is 0 Å². The number of amides is 1. The third-order valence-corrected chi connectivity index (χ3v) is 4.98. The summed E-state index contributed by atoms with van der Waals surface area (Å²) in [5.74, 6) is 1.37. The number of rotatable bonds is 5. The van der Waals surface area contributed by atoms with Crippen LogP contribution in [0.15, 0.2) is 55.4 Å². The molecule has 4 rings (SSSR count). The first-order chi connectivity index (χ1) is 13.7. The van der Waals surface area contributed by atoms with Gasteiger partial charge in [-0.25, -0.2) is 19.3 Å². The summed E-state index contributed by atoms with van der Waals surface area (Å²) in [6.07, 6.45) is 8.32. The van der Waals surface area contributed by atoms with Gasteiger partial charge >= 0.3 is 0 Å². The first-order valence-electron chi connectivity index (χ1n) is 9.26. The van der Waals surface area contributed by atoms with Crippen LogP contribution in [0.3, 0.4) is 0 Å². The Morgan fingerprint density at radius 2 is 1.89 bits per heavy atom. The van der Waals surface area contributed by atoms with Crippen molar-refractivity contribution in [3.8, 4) is 5.82 Å². The molecule has 0 radical (unpaired) electrons. The van der Waals surface area contributed by atoms with Crippen LogP contribution in [0.2, 0.25) is 0 Å². The molecule has 28 heavy (non-hydrogen) atoms. The number of aromatic nitrogens is 4. The van der Waals surface area contributed by atoms with Crippen LogP contribution in [0, 0.1) is 11.7 Å². The average molecular weight is 380 g/mol. The molecular formula is C20H21FN6O. The SMILES string of the molecule is O=C(NCc1ccc(F)cc1)C1CCN(c2cc(-n3ccnc3)ncn2)CC1. The number of halogens is 1. The van der Waals surface area contributed by atoms with E-state index in [1.807, 2.05) is 16.8 Å². The maximum Gasteiger partial charge on any atom is 0.223 e. The molecule has 0 atom stereocenters. The second-order valence-corrected chi connectivity index (χ2v) is 6.81. The van der Waals surface area contributed by atoms with E-state index in [1.165, 1.54) is 12.1 Å². The molecule has 1 fully saturated rings. The minimum atomic E-state index is -0.275. The summed E-state index contributed by atoms with van der Waals surface area (Å²) in [5.41, 5.74) is 0.889. The predicted molar refractivity (Wildman–Crippen MR) is 102 cm³/mol. The lowest BCUT2D eigenvalue weighted by atomic mass is 9.96. The van der Waals surface area contributed by atoms with Crippen LogP contribution in [0.4, 0.5) is 10.2 Å². The quantitative estimate of drug-likeness (QED) is 0.735. The van der Waals surface area contributed by atoms with Gasteiger partial charge in [0.25, 0.3) is 0 Å². The summed E-state index contributed by atoms with van der Waals surface area (Å²) in [6.45, 7) is 1.93. The number of benzene rings is 1. The molecule has 0 saturated carbocycles. The molecule has 1 aliphatic heterocycles. The molecular weight excluding hydrogens is 359 g/mol. The maximum atomic E-state index is 13.0. The third kappa shape index (κ3) is 4.16. The fourth-order valence-electron chi connectivity index (χ4n) is 3.35. The Kier molecular flexibility index (Phi) is 5.27. The van der Waals surface area contributed by atoms with Crippen molar-refractivity contribution in [3.05, 3.63) is 66.8 Å². The zero-order valence-corrected chi connectivity index (χ0v) is 15.3. The number of carbonyl (C=O) groups excluding carboxylic acids is 1. The van der Waals surface area contributed by atoms with Gasteiger partial charge in [0.2, 0.25) is 5.91 Å². The summed E-state index contributed by atoms with van der Waals surface area (Å²) in [6, 6.07) is 8.10. The van der Waals surface area contributed by atoms with Crippen molar-refractivity contribution in [1.29, 1.82) is 0 Å². The Morgan fingerprint density at radius 3 is 2.61 bits per heavy atom. The van der Waals surface area contributed by atoms with Crippen molar-refractivity contribution in [2.24, 2.45) is 5.92 Å². The van der Waals surface area contributed by atoms with Gasteiger partial charge in [-0.2, -0.15) is 0 Å². The van der Waals surface area contributed by atoms with E-state index in [-0.39, 0.29) is 17.6 Å². The van der Waals surface area contributed by atoms with Gasteiger partial charge in [0.15, 0.2) is 0 Å². The number of hydrogen-bond acceptors (Lipinski definition) is 5. The second kappa shape index (κ2) is 8.16. The number of nitrogens with zero attached hydrogens (tertiary/aromatic N) is 5. The average Bonchev–Trinajstić information content (AvgIpc) is 3.28. The minimum Gasteiger partial charge on any atom is -0.356 e. The van der Waals surface area contributed by atoms with E-state index in [0.717, 1.165) is 43.1 Å². The molecule has 144 valence electrons. The summed E-state index contributed by atoms with van der Waals surface area (Å²) in [4.78, 5) is 27.3. The van der Waals surface area contributed by atoms with Gasteiger partial charge < -0.3 is 10.2 Å². The lowest BCUT2D eigenvalue weighted by Gasteiger charge is -2.32. The normalized spacial score (nSPS) is 14.8. The Morgan fingerprint density at radius 1 is 1.14 bits per heavy atom. The Hall–Kier alpha value is -3.29. The van der Waals surface area contributed by atoms with Gasteiger partial charge in [-0.3, -0.25) is 9.36 Å². The van der Waals surface area contributed by atoms with Crippen LogP contribution in [0.5, 0.6) is 0 Å². The third-order valence-electron chi connectivity index (χ3n) is 4.98. The van der Waals surface area contributed by atoms with Crippen LogP contribution in [0.1, 0.15) is 18.4 Å². The van der Waals surface area contributed by atoms with E-state index in [1.54, 1.807) is 31.0 Å². The maximum absolute atomic E-state index is 13.0. The Bertz CT molecular complexity index is 920. The van der Waals surface area contributed by atoms with Gasteiger partial charge in [0, 0.05) is 44.0 Å². The van der Waals surface area contributed by atoms with E-state index >= 15 is 0 Å². The molecule has 0 spiro atoms. The predicted octanol–water partition coefficient (Wildman–Crippen LogP) is 2.33. The molecule has 3 aromatic rings. The van der Waals surface area contributed by atoms with Crippen molar-refractivity contribution in [2.45, 2.75) is 19.4 Å². The summed E-state index contributed by atoms with van der Waals surface area (Å²) in [7, 11) is 0. The number of piperidine rings is 1. The van der Waals surface area contributed by atoms with E-state index in [2.05, 4.69) is 25.2 Å². The molecule has 0 aliphatic carbocycles. The van der Waals surface area contributed by atoms with Crippen LogP contribution in [-0.2, 0) is 11.3 Å². The number of nitrogens with one attached hydrogen (secondary N) is 1. The van der Waals surface area contributed by atoms with Crippen molar-refractivity contribution in [2.75, 3.05) is 18.0 Å². The summed E-state index contributed by atoms with van der Waals surface area (Å²) < 4.78 is 14.8. The highest BCUT2D eigenvalue weighted by atomic mass is 19.1. The second-order valence-electron chi connectivity index (χ2n) is 6.81. The van der Waals surface area contributed by atoms with E-state index in [0.29, 0.717) is 6.54 Å². The van der Waals surface area contributed by atoms with Crippen LogP contribution in [-0.4, -0.2) is 38.5 Å². The van der Waals surface area contributed by atoms with Gasteiger partial charge in [-0.15, -0.1) is 0 Å². The molecule has 3 heterocycles. The van der Waals surface area contributed by atoms with Crippen molar-refractivity contribution < 1.29 is 9.18 Å². The van der Waals surface area contributed by atoms with Crippen molar-refractivity contribution >= 4 is 11.7 Å². The van der Waals surface area contributed by atoms with Gasteiger partial charge in [-0.1, -0.05) is 12.1 Å². The van der Waals surface area contributed by atoms with Gasteiger partial charge in [0.1, 0.15) is 30.1 Å². The smallest absolute Gasteiger partial charge is 0.223 e. The van der Waals surface area contributed by atoms with Crippen LogP contribution >= 0.6 is 0 Å². The number of carbonyl (C=O) groups is 1. The largest absolute Gasteiger partial charge is 0.356 e. The first-order valence-corrected chi connectivity index (χ1v) is 9.26. The molecule has 2 aromatic heterocycles. The monoisotopic (exact) mass is 380 g/mol. The number of imidazole rings is 1. The molecule has 8 heteroatoms. The lowest BCUT2D eigenvalue weighted by molar-refractivity contribution is -0.125. The van der Waals surface area contributed by atoms with Gasteiger partial charge in [0.05, 0.1) is 0 Å². The fraction of sp³-hybridized carbons (Fsp3) is 0.300. The van der Waals surface area contributed by atoms with E-state index < -0.39 is 0 Å². The fourth-order valence-corrected chi connectivity index (χ4v) is 3.35. The van der Waals surface area contributed by atoms with Gasteiger partial charge in [-0.05, 0) is 30.5 Å².